The monoisotopic (exact) mass is 302 g/mol. The van der Waals surface area contributed by atoms with Gasteiger partial charge in [0, 0.05) is 32.3 Å². The van der Waals surface area contributed by atoms with Crippen LogP contribution < -0.4 is 5.32 Å². The Morgan fingerprint density at radius 2 is 2.40 bits per heavy atom. The van der Waals surface area contributed by atoms with Gasteiger partial charge in [0.25, 0.3) is 10.0 Å². The quantitative estimate of drug-likeness (QED) is 0.757. The molecular formula is C12H22N4O3S. The van der Waals surface area contributed by atoms with Crippen LogP contribution in [0.5, 0.6) is 0 Å². The van der Waals surface area contributed by atoms with Crippen molar-refractivity contribution in [2.24, 2.45) is 0 Å². The van der Waals surface area contributed by atoms with E-state index in [1.165, 1.54) is 4.31 Å². The third-order valence-electron chi connectivity index (χ3n) is 3.40. The first-order chi connectivity index (χ1) is 9.55. The highest BCUT2D eigenvalue weighted by atomic mass is 32.2. The van der Waals surface area contributed by atoms with Gasteiger partial charge in [-0.25, -0.2) is 8.42 Å². The van der Waals surface area contributed by atoms with Gasteiger partial charge in [0.05, 0.1) is 12.3 Å². The van der Waals surface area contributed by atoms with Crippen LogP contribution in [0.3, 0.4) is 0 Å². The number of hydrogen-bond donors (Lipinski definition) is 2. The predicted octanol–water partition coefficient (Wildman–Crippen LogP) is 0.319. The summed E-state index contributed by atoms with van der Waals surface area (Å²) in [6.45, 7) is 4.32. The number of sulfonamides is 1. The van der Waals surface area contributed by atoms with Gasteiger partial charge >= 0.3 is 0 Å². The van der Waals surface area contributed by atoms with Gasteiger partial charge in [-0.2, -0.15) is 9.40 Å². The number of hydrogen-bond acceptors (Lipinski definition) is 5. The minimum absolute atomic E-state index is 0.00471. The van der Waals surface area contributed by atoms with Crippen LogP contribution in [0.4, 0.5) is 0 Å². The van der Waals surface area contributed by atoms with E-state index in [-0.39, 0.29) is 11.1 Å². The molecule has 7 nitrogen and oxygen atoms in total. The Bertz CT molecular complexity index is 523. The molecule has 20 heavy (non-hydrogen) atoms. The van der Waals surface area contributed by atoms with E-state index in [0.29, 0.717) is 25.3 Å². The molecular weight excluding hydrogens is 280 g/mol. The Morgan fingerprint density at radius 1 is 1.60 bits per heavy atom. The van der Waals surface area contributed by atoms with Crippen molar-refractivity contribution in [2.75, 3.05) is 26.7 Å². The summed E-state index contributed by atoms with van der Waals surface area (Å²) in [7, 11) is -1.97. The number of H-pyrrole nitrogens is 1. The lowest BCUT2D eigenvalue weighted by molar-refractivity contribution is 0.0978. The minimum atomic E-state index is -3.55. The fraction of sp³-hybridized carbons (Fsp3) is 0.750. The number of rotatable bonds is 7. The first kappa shape index (κ1) is 15.4. The van der Waals surface area contributed by atoms with Crippen molar-refractivity contribution < 1.29 is 13.2 Å². The molecule has 1 aliphatic heterocycles. The van der Waals surface area contributed by atoms with E-state index in [9.17, 15) is 8.42 Å². The number of ether oxygens (including phenoxy) is 1. The molecule has 2 rings (SSSR count). The first-order valence-corrected chi connectivity index (χ1v) is 8.30. The van der Waals surface area contributed by atoms with Crippen LogP contribution in [0.25, 0.3) is 0 Å². The Morgan fingerprint density at radius 3 is 3.05 bits per heavy atom. The molecule has 1 unspecified atom stereocenters. The van der Waals surface area contributed by atoms with Crippen LogP contribution in [0.1, 0.15) is 25.3 Å². The molecule has 0 aromatic carbocycles. The lowest BCUT2D eigenvalue weighted by atomic mass is 10.2. The van der Waals surface area contributed by atoms with Crippen molar-refractivity contribution in [1.29, 1.82) is 0 Å². The Kier molecular flexibility index (Phi) is 5.14. The number of aromatic amines is 1. The third kappa shape index (κ3) is 3.38. The van der Waals surface area contributed by atoms with Crippen molar-refractivity contribution in [2.45, 2.75) is 37.4 Å². The van der Waals surface area contributed by atoms with Crippen LogP contribution in [0, 0.1) is 0 Å². The van der Waals surface area contributed by atoms with E-state index in [1.807, 2.05) is 6.92 Å². The topological polar surface area (TPSA) is 87.3 Å². The summed E-state index contributed by atoms with van der Waals surface area (Å²) in [5, 5.41) is 9.73. The van der Waals surface area contributed by atoms with Crippen LogP contribution in [-0.4, -0.2) is 55.8 Å². The van der Waals surface area contributed by atoms with E-state index in [2.05, 4.69) is 15.5 Å². The van der Waals surface area contributed by atoms with Crippen molar-refractivity contribution in [1.82, 2.24) is 19.8 Å². The lowest BCUT2D eigenvalue weighted by Crippen LogP contribution is -2.35. The molecule has 1 fully saturated rings. The molecule has 0 amide bonds. The minimum Gasteiger partial charge on any atom is -0.377 e. The van der Waals surface area contributed by atoms with Crippen LogP contribution in [0.2, 0.25) is 0 Å². The first-order valence-electron chi connectivity index (χ1n) is 6.86. The van der Waals surface area contributed by atoms with Gasteiger partial charge in [-0.3, -0.25) is 5.10 Å². The second kappa shape index (κ2) is 6.66. The average Bonchev–Trinajstić information content (AvgIpc) is 3.06. The van der Waals surface area contributed by atoms with Gasteiger partial charge in [-0.15, -0.1) is 0 Å². The average molecular weight is 302 g/mol. The summed E-state index contributed by atoms with van der Waals surface area (Å²) >= 11 is 0. The Balaban J connectivity index is 2.10. The molecule has 114 valence electrons. The molecule has 8 heteroatoms. The fourth-order valence-electron chi connectivity index (χ4n) is 2.24. The molecule has 0 bridgehead atoms. The zero-order chi connectivity index (χ0) is 14.6. The Labute approximate surface area is 119 Å². The maximum absolute atomic E-state index is 12.5. The molecule has 1 atom stereocenters. The summed E-state index contributed by atoms with van der Waals surface area (Å²) in [6, 6.07) is 0. The predicted molar refractivity (Wildman–Crippen MR) is 74.8 cm³/mol. The van der Waals surface area contributed by atoms with E-state index in [1.54, 1.807) is 13.2 Å². The molecule has 0 spiro atoms. The highest BCUT2D eigenvalue weighted by Gasteiger charge is 2.29. The SMILES string of the molecule is CCNCc1cn[nH]c1S(=O)(=O)N(C)CC1CCCO1. The van der Waals surface area contributed by atoms with Gasteiger partial charge in [0.2, 0.25) is 0 Å². The fourth-order valence-corrected chi connectivity index (χ4v) is 3.54. The van der Waals surface area contributed by atoms with Gasteiger partial charge < -0.3 is 10.1 Å². The van der Waals surface area contributed by atoms with Gasteiger partial charge in [0.15, 0.2) is 5.03 Å². The van der Waals surface area contributed by atoms with E-state index in [4.69, 9.17) is 4.74 Å². The van der Waals surface area contributed by atoms with E-state index in [0.717, 1.165) is 19.4 Å². The number of likely N-dealkylation sites (N-methyl/N-ethyl adjacent to an activating group) is 1. The van der Waals surface area contributed by atoms with Gasteiger partial charge in [-0.1, -0.05) is 6.92 Å². The standard InChI is InChI=1S/C12H22N4O3S/c1-3-13-7-10-8-14-15-12(10)20(17,18)16(2)9-11-5-4-6-19-11/h8,11,13H,3-7,9H2,1-2H3,(H,14,15). The molecule has 2 heterocycles. The van der Waals surface area contributed by atoms with Crippen molar-refractivity contribution in [3.05, 3.63) is 11.8 Å². The molecule has 0 aliphatic carbocycles. The highest BCUT2D eigenvalue weighted by molar-refractivity contribution is 7.89. The van der Waals surface area contributed by atoms with Crippen molar-refractivity contribution in [3.8, 4) is 0 Å². The number of nitrogens with one attached hydrogen (secondary N) is 2. The second-order valence-corrected chi connectivity index (χ2v) is 6.91. The summed E-state index contributed by atoms with van der Waals surface area (Å²) in [5.41, 5.74) is 0.658. The highest BCUT2D eigenvalue weighted by Crippen LogP contribution is 2.19. The maximum Gasteiger partial charge on any atom is 0.260 e. The van der Waals surface area contributed by atoms with Crippen LogP contribution >= 0.6 is 0 Å². The maximum atomic E-state index is 12.5. The molecule has 1 aromatic rings. The lowest BCUT2D eigenvalue weighted by Gasteiger charge is -2.20. The van der Waals surface area contributed by atoms with Crippen LogP contribution in [0.15, 0.2) is 11.2 Å². The zero-order valence-corrected chi connectivity index (χ0v) is 12.7. The normalized spacial score (nSPS) is 19.9. The number of nitrogens with zero attached hydrogens (tertiary/aromatic N) is 2. The smallest absolute Gasteiger partial charge is 0.260 e. The summed E-state index contributed by atoms with van der Waals surface area (Å²) < 4.78 is 31.9. The summed E-state index contributed by atoms with van der Waals surface area (Å²) in [5.74, 6) is 0. The molecule has 1 aromatic heterocycles. The summed E-state index contributed by atoms with van der Waals surface area (Å²) in [6.07, 6.45) is 3.45. The van der Waals surface area contributed by atoms with Gasteiger partial charge in [-0.05, 0) is 19.4 Å². The van der Waals surface area contributed by atoms with Crippen molar-refractivity contribution >= 4 is 10.0 Å². The molecule has 2 N–H and O–H groups in total. The molecule has 1 saturated heterocycles. The van der Waals surface area contributed by atoms with Crippen LogP contribution in [-0.2, 0) is 21.3 Å². The van der Waals surface area contributed by atoms with E-state index >= 15 is 0 Å². The zero-order valence-electron chi connectivity index (χ0n) is 11.9. The van der Waals surface area contributed by atoms with Crippen molar-refractivity contribution in [3.63, 3.8) is 0 Å². The second-order valence-electron chi connectivity index (χ2n) is 4.93. The summed E-state index contributed by atoms with van der Waals surface area (Å²) in [4.78, 5) is 0. The number of aromatic nitrogens is 2. The van der Waals surface area contributed by atoms with E-state index < -0.39 is 10.0 Å². The van der Waals surface area contributed by atoms with Gasteiger partial charge in [0.1, 0.15) is 0 Å². The Hall–Kier alpha value is -0.960. The molecule has 0 saturated carbocycles. The third-order valence-corrected chi connectivity index (χ3v) is 5.24. The largest absolute Gasteiger partial charge is 0.377 e. The molecule has 1 aliphatic rings. The molecule has 0 radical (unpaired) electrons.